The van der Waals surface area contributed by atoms with Crippen molar-refractivity contribution in [3.8, 4) is 0 Å². The number of carbonyl (C=O) groups excluding carboxylic acids is 2. The Balaban J connectivity index is 1.92. The third-order valence-electron chi connectivity index (χ3n) is 3.28. The summed E-state index contributed by atoms with van der Waals surface area (Å²) in [6.45, 7) is 5.56. The summed E-state index contributed by atoms with van der Waals surface area (Å²) in [6, 6.07) is 9.57. The molecule has 26 heavy (non-hydrogen) atoms. The Hall–Kier alpha value is -2.96. The van der Waals surface area contributed by atoms with Crippen LogP contribution in [0.25, 0.3) is 0 Å². The molecule has 2 amide bonds. The van der Waals surface area contributed by atoms with Gasteiger partial charge in [0.15, 0.2) is 0 Å². The number of benzene rings is 1. The van der Waals surface area contributed by atoms with E-state index in [4.69, 9.17) is 4.74 Å². The lowest BCUT2D eigenvalue weighted by Gasteiger charge is -2.19. The van der Waals surface area contributed by atoms with Crippen LogP contribution in [0.1, 0.15) is 42.4 Å². The quantitative estimate of drug-likeness (QED) is 0.859. The van der Waals surface area contributed by atoms with E-state index in [2.05, 4.69) is 15.6 Å². The predicted octanol–water partition coefficient (Wildman–Crippen LogP) is 3.18. The van der Waals surface area contributed by atoms with Crippen LogP contribution in [0.15, 0.2) is 42.6 Å². The Morgan fingerprint density at radius 1 is 1.12 bits per heavy atom. The third-order valence-corrected chi connectivity index (χ3v) is 3.28. The largest absolute Gasteiger partial charge is 0.444 e. The first-order chi connectivity index (χ1) is 12.2. The van der Waals surface area contributed by atoms with Crippen LogP contribution in [0.2, 0.25) is 0 Å². The van der Waals surface area contributed by atoms with Crippen LogP contribution in [-0.2, 0) is 17.8 Å². The zero-order chi connectivity index (χ0) is 19.2. The van der Waals surface area contributed by atoms with E-state index >= 15 is 0 Å². The summed E-state index contributed by atoms with van der Waals surface area (Å²) in [6.07, 6.45) is 0.936. The Kier molecular flexibility index (Phi) is 6.27. The standard InChI is InChI=1S/C19H22FN3O3/c1-19(2,3)26-18(25)23-11-13-6-4-7-14(10-13)17(24)22-12-16-15(20)8-5-9-21-16/h4-10H,11-12H2,1-3H3,(H,22,24)(H,23,25). The van der Waals surface area contributed by atoms with Crippen molar-refractivity contribution in [1.82, 2.24) is 15.6 Å². The lowest BCUT2D eigenvalue weighted by atomic mass is 10.1. The van der Waals surface area contributed by atoms with Gasteiger partial charge < -0.3 is 15.4 Å². The molecule has 1 aromatic carbocycles. The van der Waals surface area contributed by atoms with Gasteiger partial charge in [-0.05, 0) is 50.6 Å². The average Bonchev–Trinajstić information content (AvgIpc) is 2.58. The maximum Gasteiger partial charge on any atom is 0.407 e. The minimum atomic E-state index is -0.577. The maximum absolute atomic E-state index is 13.5. The zero-order valence-electron chi connectivity index (χ0n) is 15.0. The number of aromatic nitrogens is 1. The molecular formula is C19H22FN3O3. The molecule has 0 fully saturated rings. The highest BCUT2D eigenvalue weighted by Gasteiger charge is 2.16. The van der Waals surface area contributed by atoms with Gasteiger partial charge in [0.1, 0.15) is 11.4 Å². The molecule has 0 aliphatic carbocycles. The molecule has 138 valence electrons. The third kappa shape index (κ3) is 6.16. The molecule has 0 bridgehead atoms. The fraction of sp³-hybridized carbons (Fsp3) is 0.316. The van der Waals surface area contributed by atoms with Crippen LogP contribution in [0.3, 0.4) is 0 Å². The van der Waals surface area contributed by atoms with Gasteiger partial charge in [0, 0.05) is 18.3 Å². The first-order valence-corrected chi connectivity index (χ1v) is 8.18. The number of rotatable bonds is 5. The smallest absolute Gasteiger partial charge is 0.407 e. The van der Waals surface area contributed by atoms with Gasteiger partial charge in [-0.15, -0.1) is 0 Å². The van der Waals surface area contributed by atoms with Gasteiger partial charge >= 0.3 is 6.09 Å². The highest BCUT2D eigenvalue weighted by atomic mass is 19.1. The molecule has 0 unspecified atom stereocenters. The van der Waals surface area contributed by atoms with Gasteiger partial charge in [-0.25, -0.2) is 9.18 Å². The van der Waals surface area contributed by atoms with E-state index < -0.39 is 17.5 Å². The fourth-order valence-electron chi connectivity index (χ4n) is 2.13. The summed E-state index contributed by atoms with van der Waals surface area (Å²) in [5, 5.41) is 5.26. The van der Waals surface area contributed by atoms with Crippen molar-refractivity contribution in [3.05, 3.63) is 65.2 Å². The molecule has 1 aromatic heterocycles. The molecule has 2 aromatic rings. The molecule has 1 heterocycles. The molecule has 0 spiro atoms. The second kappa shape index (κ2) is 8.42. The van der Waals surface area contributed by atoms with Crippen LogP contribution < -0.4 is 10.6 Å². The summed E-state index contributed by atoms with van der Waals surface area (Å²) in [5.74, 6) is -0.822. The Morgan fingerprint density at radius 2 is 1.88 bits per heavy atom. The summed E-state index contributed by atoms with van der Waals surface area (Å²) in [4.78, 5) is 27.8. The number of hydrogen-bond acceptors (Lipinski definition) is 4. The second-order valence-corrected chi connectivity index (χ2v) is 6.67. The van der Waals surface area contributed by atoms with Gasteiger partial charge in [0.2, 0.25) is 0 Å². The van der Waals surface area contributed by atoms with E-state index in [0.717, 1.165) is 5.56 Å². The molecule has 6 nitrogen and oxygen atoms in total. The van der Waals surface area contributed by atoms with E-state index in [0.29, 0.717) is 5.56 Å². The summed E-state index contributed by atoms with van der Waals surface area (Å²) < 4.78 is 18.7. The van der Waals surface area contributed by atoms with Crippen LogP contribution in [0, 0.1) is 5.82 Å². The molecule has 7 heteroatoms. The molecule has 2 N–H and O–H groups in total. The Morgan fingerprint density at radius 3 is 2.58 bits per heavy atom. The van der Waals surface area contributed by atoms with Crippen LogP contribution in [-0.4, -0.2) is 22.6 Å². The first-order valence-electron chi connectivity index (χ1n) is 8.18. The van der Waals surface area contributed by atoms with E-state index in [9.17, 15) is 14.0 Å². The lowest BCUT2D eigenvalue weighted by Crippen LogP contribution is -2.32. The van der Waals surface area contributed by atoms with Crippen molar-refractivity contribution in [2.75, 3.05) is 0 Å². The number of halogens is 1. The number of amides is 2. The maximum atomic E-state index is 13.5. The number of nitrogens with zero attached hydrogens (tertiary/aromatic N) is 1. The Bertz CT molecular complexity index is 788. The van der Waals surface area contributed by atoms with E-state index in [1.807, 2.05) is 0 Å². The van der Waals surface area contributed by atoms with E-state index in [1.54, 1.807) is 45.0 Å². The zero-order valence-corrected chi connectivity index (χ0v) is 15.0. The van der Waals surface area contributed by atoms with Crippen molar-refractivity contribution in [2.24, 2.45) is 0 Å². The van der Waals surface area contributed by atoms with E-state index in [-0.39, 0.29) is 24.7 Å². The number of ether oxygens (including phenoxy) is 1. The molecule has 0 saturated heterocycles. The minimum absolute atomic E-state index is 0.00804. The highest BCUT2D eigenvalue weighted by molar-refractivity contribution is 5.94. The van der Waals surface area contributed by atoms with Crippen LogP contribution in [0.5, 0.6) is 0 Å². The molecular weight excluding hydrogens is 337 g/mol. The van der Waals surface area contributed by atoms with Crippen molar-refractivity contribution in [2.45, 2.75) is 39.5 Å². The van der Waals surface area contributed by atoms with Crippen molar-refractivity contribution >= 4 is 12.0 Å². The number of hydrogen-bond donors (Lipinski definition) is 2. The van der Waals surface area contributed by atoms with Gasteiger partial charge in [-0.1, -0.05) is 12.1 Å². The van der Waals surface area contributed by atoms with Crippen molar-refractivity contribution < 1.29 is 18.7 Å². The Labute approximate surface area is 151 Å². The van der Waals surface area contributed by atoms with Gasteiger partial charge in [-0.2, -0.15) is 0 Å². The van der Waals surface area contributed by atoms with Gasteiger partial charge in [-0.3, -0.25) is 9.78 Å². The number of pyridine rings is 1. The fourth-order valence-corrected chi connectivity index (χ4v) is 2.13. The first kappa shape index (κ1) is 19.4. The molecule has 2 rings (SSSR count). The topological polar surface area (TPSA) is 80.3 Å². The van der Waals surface area contributed by atoms with E-state index in [1.165, 1.54) is 18.3 Å². The minimum Gasteiger partial charge on any atom is -0.444 e. The molecule has 0 saturated carbocycles. The van der Waals surface area contributed by atoms with Crippen LogP contribution in [0.4, 0.5) is 9.18 Å². The molecule has 0 aliphatic rings. The number of nitrogens with one attached hydrogen (secondary N) is 2. The monoisotopic (exact) mass is 359 g/mol. The molecule has 0 radical (unpaired) electrons. The summed E-state index contributed by atoms with van der Waals surface area (Å²) in [5.41, 5.74) is 0.744. The molecule has 0 aliphatic heterocycles. The van der Waals surface area contributed by atoms with Gasteiger partial charge in [0.05, 0.1) is 12.2 Å². The number of alkyl carbamates (subject to hydrolysis) is 1. The van der Waals surface area contributed by atoms with Gasteiger partial charge in [0.25, 0.3) is 5.91 Å². The SMILES string of the molecule is CC(C)(C)OC(=O)NCc1cccc(C(=O)NCc2ncccc2F)c1. The van der Waals surface area contributed by atoms with Crippen molar-refractivity contribution in [3.63, 3.8) is 0 Å². The van der Waals surface area contributed by atoms with Crippen LogP contribution >= 0.6 is 0 Å². The average molecular weight is 359 g/mol. The second-order valence-electron chi connectivity index (χ2n) is 6.67. The molecule has 0 atom stereocenters. The summed E-state index contributed by atoms with van der Waals surface area (Å²) in [7, 11) is 0. The highest BCUT2D eigenvalue weighted by Crippen LogP contribution is 2.09. The normalized spacial score (nSPS) is 10.9. The summed E-state index contributed by atoms with van der Waals surface area (Å²) >= 11 is 0. The lowest BCUT2D eigenvalue weighted by molar-refractivity contribution is 0.0523. The number of carbonyl (C=O) groups is 2. The predicted molar refractivity (Wildman–Crippen MR) is 94.9 cm³/mol. The van der Waals surface area contributed by atoms with Crippen molar-refractivity contribution in [1.29, 1.82) is 0 Å².